The van der Waals surface area contributed by atoms with Crippen molar-refractivity contribution >= 4 is 11.5 Å². The van der Waals surface area contributed by atoms with Crippen LogP contribution in [0.25, 0.3) is 5.57 Å². The second-order valence-corrected chi connectivity index (χ2v) is 10.3. The number of allylic oxidation sites excluding steroid dienone is 2. The second kappa shape index (κ2) is 11.8. The maximum Gasteiger partial charge on any atom is 0.223 e. The molecule has 2 aliphatic heterocycles. The van der Waals surface area contributed by atoms with Crippen LogP contribution in [0.1, 0.15) is 43.7 Å². The summed E-state index contributed by atoms with van der Waals surface area (Å²) in [5.41, 5.74) is 2.60. The molecule has 2 fully saturated rings. The van der Waals surface area contributed by atoms with E-state index in [0.29, 0.717) is 26.1 Å². The highest BCUT2D eigenvalue weighted by atomic mass is 16.5. The van der Waals surface area contributed by atoms with E-state index in [0.717, 1.165) is 51.0 Å². The van der Waals surface area contributed by atoms with Gasteiger partial charge in [-0.3, -0.25) is 4.79 Å². The monoisotopic (exact) mass is 483 g/mol. The standard InChI is InChI=1S/C28H41N3O4/c1-21-7-3-4-8-25(21)26-9-5-13-28(22(26)2,35-18-6-14-30-15-10-23(32)19-30)29-27(34)12-17-31-16-11-24(33)20-31/h3-5,7-9,13,22-24,32-33H,6,10-12,14-20H2,1-2H3,(H,29,34)/t22?,23-,24-,28?/m1/s1. The Morgan fingerprint density at radius 1 is 1.11 bits per heavy atom. The summed E-state index contributed by atoms with van der Waals surface area (Å²) in [6.07, 6.45) is 8.40. The number of ether oxygens (including phenoxy) is 1. The molecule has 7 heteroatoms. The number of hydrogen-bond donors (Lipinski definition) is 3. The Morgan fingerprint density at radius 3 is 2.46 bits per heavy atom. The first kappa shape index (κ1) is 26.0. The molecule has 0 spiro atoms. The van der Waals surface area contributed by atoms with Crippen molar-refractivity contribution in [2.45, 2.75) is 57.5 Å². The number of aliphatic hydroxyl groups excluding tert-OH is 2. The maximum absolute atomic E-state index is 13.1. The predicted molar refractivity (Wildman–Crippen MR) is 138 cm³/mol. The molecule has 1 aromatic rings. The Labute approximate surface area is 209 Å². The minimum absolute atomic E-state index is 0.0448. The third kappa shape index (κ3) is 6.60. The highest BCUT2D eigenvalue weighted by Crippen LogP contribution is 2.38. The summed E-state index contributed by atoms with van der Waals surface area (Å²) in [6, 6.07) is 8.32. The molecule has 2 saturated heterocycles. The fraction of sp³-hybridized carbons (Fsp3) is 0.607. The topological polar surface area (TPSA) is 85.3 Å². The summed E-state index contributed by atoms with van der Waals surface area (Å²) in [4.78, 5) is 17.5. The Hall–Kier alpha value is -2.03. The van der Waals surface area contributed by atoms with Gasteiger partial charge in [0.1, 0.15) is 0 Å². The quantitative estimate of drug-likeness (QED) is 0.350. The molecule has 0 bridgehead atoms. The summed E-state index contributed by atoms with van der Waals surface area (Å²) in [5, 5.41) is 22.8. The molecule has 192 valence electrons. The van der Waals surface area contributed by atoms with Crippen molar-refractivity contribution in [1.82, 2.24) is 15.1 Å². The molecular formula is C28H41N3O4. The fourth-order valence-electron chi connectivity index (χ4n) is 5.49. The number of nitrogens with zero attached hydrogens (tertiary/aromatic N) is 2. The van der Waals surface area contributed by atoms with Crippen LogP contribution in [0.15, 0.2) is 42.5 Å². The molecular weight excluding hydrogens is 442 g/mol. The highest BCUT2D eigenvalue weighted by Gasteiger charge is 2.40. The normalized spacial score (nSPS) is 29.5. The first-order valence-corrected chi connectivity index (χ1v) is 13.1. The number of likely N-dealkylation sites (tertiary alicyclic amines) is 2. The first-order valence-electron chi connectivity index (χ1n) is 13.1. The second-order valence-electron chi connectivity index (χ2n) is 10.3. The molecule has 0 saturated carbocycles. The van der Waals surface area contributed by atoms with Gasteiger partial charge in [-0.05, 0) is 49.0 Å². The van der Waals surface area contributed by atoms with Crippen molar-refractivity contribution in [2.75, 3.05) is 45.9 Å². The fourth-order valence-corrected chi connectivity index (χ4v) is 5.49. The number of nitrogens with one attached hydrogen (secondary N) is 1. The van der Waals surface area contributed by atoms with Gasteiger partial charge >= 0.3 is 0 Å². The van der Waals surface area contributed by atoms with Crippen molar-refractivity contribution < 1.29 is 19.7 Å². The Kier molecular flexibility index (Phi) is 8.78. The van der Waals surface area contributed by atoms with Crippen LogP contribution >= 0.6 is 0 Å². The lowest BCUT2D eigenvalue weighted by atomic mass is 9.80. The summed E-state index contributed by atoms with van der Waals surface area (Å²) in [5.74, 6) is -0.114. The van der Waals surface area contributed by atoms with Crippen LogP contribution in [-0.4, -0.2) is 89.7 Å². The number of aliphatic hydroxyl groups is 2. The van der Waals surface area contributed by atoms with E-state index in [1.165, 1.54) is 11.1 Å². The average molecular weight is 484 g/mol. The van der Waals surface area contributed by atoms with Crippen molar-refractivity contribution in [3.05, 3.63) is 53.6 Å². The molecule has 4 rings (SSSR count). The van der Waals surface area contributed by atoms with Crippen molar-refractivity contribution in [3.8, 4) is 0 Å². The van der Waals surface area contributed by atoms with Gasteiger partial charge in [0, 0.05) is 51.6 Å². The van der Waals surface area contributed by atoms with Gasteiger partial charge in [-0.1, -0.05) is 43.3 Å². The molecule has 1 amide bonds. The van der Waals surface area contributed by atoms with Gasteiger partial charge in [-0.25, -0.2) is 0 Å². The molecule has 0 aromatic heterocycles. The zero-order valence-corrected chi connectivity index (χ0v) is 21.2. The smallest absolute Gasteiger partial charge is 0.223 e. The number of amides is 1. The molecule has 3 aliphatic rings. The van der Waals surface area contributed by atoms with Crippen LogP contribution in [-0.2, 0) is 9.53 Å². The summed E-state index contributed by atoms with van der Waals surface area (Å²) < 4.78 is 6.52. The largest absolute Gasteiger partial charge is 0.392 e. The van der Waals surface area contributed by atoms with Crippen LogP contribution < -0.4 is 5.32 Å². The number of carbonyl (C=O) groups excluding carboxylic acids is 1. The molecule has 2 heterocycles. The van der Waals surface area contributed by atoms with Gasteiger partial charge in [0.15, 0.2) is 5.72 Å². The number of hydrogen-bond acceptors (Lipinski definition) is 6. The maximum atomic E-state index is 13.1. The molecule has 4 atom stereocenters. The molecule has 3 N–H and O–H groups in total. The SMILES string of the molecule is Cc1ccccc1C1=CC=CC(NC(=O)CCN2CC[C@@H](O)C2)(OCCCN2CC[C@@H](O)C2)C1C. The van der Waals surface area contributed by atoms with Gasteiger partial charge < -0.3 is 30.1 Å². The first-order chi connectivity index (χ1) is 16.9. The van der Waals surface area contributed by atoms with E-state index in [1.807, 2.05) is 24.3 Å². The van der Waals surface area contributed by atoms with E-state index < -0.39 is 5.72 Å². The molecule has 1 aromatic carbocycles. The zero-order chi connectivity index (χ0) is 24.8. The summed E-state index contributed by atoms with van der Waals surface area (Å²) in [7, 11) is 0. The minimum atomic E-state index is -0.918. The van der Waals surface area contributed by atoms with Crippen molar-refractivity contribution in [2.24, 2.45) is 5.92 Å². The molecule has 35 heavy (non-hydrogen) atoms. The van der Waals surface area contributed by atoms with Gasteiger partial charge in [0.05, 0.1) is 18.8 Å². The van der Waals surface area contributed by atoms with Crippen LogP contribution in [0.3, 0.4) is 0 Å². The lowest BCUT2D eigenvalue weighted by Gasteiger charge is -2.41. The number of aryl methyl sites for hydroxylation is 1. The molecule has 1 aliphatic carbocycles. The van der Waals surface area contributed by atoms with Gasteiger partial charge in [-0.15, -0.1) is 0 Å². The van der Waals surface area contributed by atoms with E-state index in [-0.39, 0.29) is 24.0 Å². The molecule has 0 radical (unpaired) electrons. The lowest BCUT2D eigenvalue weighted by molar-refractivity contribution is -0.133. The average Bonchev–Trinajstić information content (AvgIpc) is 3.45. The van der Waals surface area contributed by atoms with E-state index in [2.05, 4.69) is 47.2 Å². The summed E-state index contributed by atoms with van der Waals surface area (Å²) in [6.45, 7) is 9.36. The van der Waals surface area contributed by atoms with Crippen molar-refractivity contribution in [1.29, 1.82) is 0 Å². The number of carbonyl (C=O) groups is 1. The Morgan fingerprint density at radius 2 is 1.80 bits per heavy atom. The number of β-amino-alcohol motifs (C(OH)–C–C–N with tert-alkyl or cyclic N) is 2. The lowest BCUT2D eigenvalue weighted by Crippen LogP contribution is -2.55. The third-order valence-corrected chi connectivity index (χ3v) is 7.63. The third-order valence-electron chi connectivity index (χ3n) is 7.63. The Bertz CT molecular complexity index is 933. The van der Waals surface area contributed by atoms with Crippen LogP contribution in [0, 0.1) is 12.8 Å². The van der Waals surface area contributed by atoms with E-state index in [4.69, 9.17) is 4.74 Å². The van der Waals surface area contributed by atoms with Gasteiger partial charge in [-0.2, -0.15) is 0 Å². The van der Waals surface area contributed by atoms with Crippen molar-refractivity contribution in [3.63, 3.8) is 0 Å². The zero-order valence-electron chi connectivity index (χ0n) is 21.2. The molecule has 7 nitrogen and oxygen atoms in total. The van der Waals surface area contributed by atoms with E-state index >= 15 is 0 Å². The number of rotatable bonds is 10. The highest BCUT2D eigenvalue weighted by molar-refractivity contribution is 5.79. The van der Waals surface area contributed by atoms with Crippen LogP contribution in [0.4, 0.5) is 0 Å². The van der Waals surface area contributed by atoms with E-state index in [9.17, 15) is 15.0 Å². The molecule has 2 unspecified atom stereocenters. The Balaban J connectivity index is 1.43. The minimum Gasteiger partial charge on any atom is -0.392 e. The predicted octanol–water partition coefficient (Wildman–Crippen LogP) is 2.33. The van der Waals surface area contributed by atoms with Crippen LogP contribution in [0.5, 0.6) is 0 Å². The summed E-state index contributed by atoms with van der Waals surface area (Å²) >= 11 is 0. The van der Waals surface area contributed by atoms with Gasteiger partial charge in [0.25, 0.3) is 0 Å². The number of benzene rings is 1. The van der Waals surface area contributed by atoms with Gasteiger partial charge in [0.2, 0.25) is 5.91 Å². The van der Waals surface area contributed by atoms with E-state index in [1.54, 1.807) is 0 Å². The van der Waals surface area contributed by atoms with Crippen LogP contribution in [0.2, 0.25) is 0 Å².